The van der Waals surface area contributed by atoms with Crippen molar-refractivity contribution in [3.8, 4) is 0 Å². The predicted molar refractivity (Wildman–Crippen MR) is 95.2 cm³/mol. The van der Waals surface area contributed by atoms with E-state index in [2.05, 4.69) is 33.2 Å². The molecule has 1 aliphatic rings. The fraction of sp³-hybridized carbons (Fsp3) is 0.389. The standard InChI is InChI=1S/C18H22N4O3/c19-16(23)12-25-18(24)20-11-13-7-9-22(10-8-13)17-6-5-14-3-1-2-4-15(14)21-17/h1-6,13H,7-12H2,(H2,19,23)(H,20,24). The summed E-state index contributed by atoms with van der Waals surface area (Å²) < 4.78 is 4.68. The highest BCUT2D eigenvalue weighted by atomic mass is 16.6. The lowest BCUT2D eigenvalue weighted by atomic mass is 9.97. The molecule has 1 fully saturated rings. The second-order valence-electron chi connectivity index (χ2n) is 6.22. The molecular weight excluding hydrogens is 320 g/mol. The van der Waals surface area contributed by atoms with E-state index >= 15 is 0 Å². The van der Waals surface area contributed by atoms with Gasteiger partial charge in [0.1, 0.15) is 5.82 Å². The summed E-state index contributed by atoms with van der Waals surface area (Å²) in [6.45, 7) is 1.94. The Hall–Kier alpha value is -2.83. The van der Waals surface area contributed by atoms with Crippen molar-refractivity contribution in [1.82, 2.24) is 10.3 Å². The molecule has 7 nitrogen and oxygen atoms in total. The molecule has 1 aliphatic heterocycles. The average molecular weight is 342 g/mol. The Bertz CT molecular complexity index is 757. The molecule has 3 rings (SSSR count). The van der Waals surface area contributed by atoms with E-state index in [-0.39, 0.29) is 0 Å². The van der Waals surface area contributed by atoms with Crippen LogP contribution in [0.3, 0.4) is 0 Å². The molecule has 0 saturated carbocycles. The number of carbonyl (C=O) groups excluding carboxylic acids is 2. The number of anilines is 1. The van der Waals surface area contributed by atoms with E-state index in [9.17, 15) is 9.59 Å². The van der Waals surface area contributed by atoms with Gasteiger partial charge in [0.25, 0.3) is 5.91 Å². The van der Waals surface area contributed by atoms with E-state index in [1.54, 1.807) is 0 Å². The Morgan fingerprint density at radius 1 is 1.20 bits per heavy atom. The SMILES string of the molecule is NC(=O)COC(=O)NCC1CCN(c2ccc3ccccc3n2)CC1. The number of rotatable bonds is 5. The molecule has 0 aliphatic carbocycles. The van der Waals surface area contributed by atoms with Crippen LogP contribution in [0.15, 0.2) is 36.4 Å². The first-order valence-electron chi connectivity index (χ1n) is 8.41. The van der Waals surface area contributed by atoms with Crippen LogP contribution in [0.25, 0.3) is 10.9 Å². The number of hydrogen-bond donors (Lipinski definition) is 2. The maximum Gasteiger partial charge on any atom is 0.407 e. The molecule has 0 radical (unpaired) electrons. The lowest BCUT2D eigenvalue weighted by Gasteiger charge is -2.32. The van der Waals surface area contributed by atoms with Crippen LogP contribution in [0.5, 0.6) is 0 Å². The number of alkyl carbamates (subject to hydrolysis) is 1. The third-order valence-corrected chi connectivity index (χ3v) is 4.40. The number of hydrogen-bond acceptors (Lipinski definition) is 5. The quantitative estimate of drug-likeness (QED) is 0.861. The highest BCUT2D eigenvalue weighted by Crippen LogP contribution is 2.23. The van der Waals surface area contributed by atoms with Crippen molar-refractivity contribution in [1.29, 1.82) is 0 Å². The topological polar surface area (TPSA) is 97.6 Å². The number of para-hydroxylation sites is 1. The molecule has 1 aromatic heterocycles. The number of amides is 2. The van der Waals surface area contributed by atoms with Crippen LogP contribution in [0.1, 0.15) is 12.8 Å². The molecule has 2 heterocycles. The van der Waals surface area contributed by atoms with Crippen molar-refractivity contribution < 1.29 is 14.3 Å². The minimum Gasteiger partial charge on any atom is -0.439 e. The van der Waals surface area contributed by atoms with Gasteiger partial charge in [-0.25, -0.2) is 9.78 Å². The molecule has 25 heavy (non-hydrogen) atoms. The normalized spacial score (nSPS) is 15.1. The fourth-order valence-electron chi connectivity index (χ4n) is 3.01. The van der Waals surface area contributed by atoms with Crippen LogP contribution in [-0.4, -0.2) is 43.2 Å². The van der Waals surface area contributed by atoms with Crippen LogP contribution in [-0.2, 0) is 9.53 Å². The van der Waals surface area contributed by atoms with Crippen LogP contribution in [0.4, 0.5) is 10.6 Å². The second kappa shape index (κ2) is 7.83. The van der Waals surface area contributed by atoms with Crippen molar-refractivity contribution in [3.05, 3.63) is 36.4 Å². The number of ether oxygens (including phenoxy) is 1. The summed E-state index contributed by atoms with van der Waals surface area (Å²) >= 11 is 0. The number of pyridine rings is 1. The molecule has 7 heteroatoms. The van der Waals surface area contributed by atoms with E-state index in [0.29, 0.717) is 12.5 Å². The zero-order chi connectivity index (χ0) is 17.6. The van der Waals surface area contributed by atoms with Gasteiger partial charge in [-0.3, -0.25) is 4.79 Å². The lowest BCUT2D eigenvalue weighted by molar-refractivity contribution is -0.120. The minimum atomic E-state index is -0.661. The summed E-state index contributed by atoms with van der Waals surface area (Å²) in [5.74, 6) is 0.718. The Morgan fingerprint density at radius 2 is 1.96 bits per heavy atom. The monoisotopic (exact) mass is 342 g/mol. The molecule has 0 bridgehead atoms. The highest BCUT2D eigenvalue weighted by molar-refractivity contribution is 5.80. The van der Waals surface area contributed by atoms with Gasteiger partial charge in [-0.05, 0) is 37.0 Å². The molecule has 0 unspecified atom stereocenters. The molecule has 0 spiro atoms. The minimum absolute atomic E-state index is 0.387. The van der Waals surface area contributed by atoms with Gasteiger partial charge in [-0.2, -0.15) is 0 Å². The summed E-state index contributed by atoms with van der Waals surface area (Å²) in [7, 11) is 0. The highest BCUT2D eigenvalue weighted by Gasteiger charge is 2.21. The molecule has 2 amide bonds. The van der Waals surface area contributed by atoms with Crippen molar-refractivity contribution in [2.45, 2.75) is 12.8 Å². The third-order valence-electron chi connectivity index (χ3n) is 4.40. The van der Waals surface area contributed by atoms with Gasteiger partial charge < -0.3 is 20.7 Å². The maximum absolute atomic E-state index is 11.4. The van der Waals surface area contributed by atoms with E-state index in [4.69, 9.17) is 10.7 Å². The van der Waals surface area contributed by atoms with Crippen molar-refractivity contribution in [3.63, 3.8) is 0 Å². The average Bonchev–Trinajstić information content (AvgIpc) is 2.64. The van der Waals surface area contributed by atoms with Crippen LogP contribution >= 0.6 is 0 Å². The number of nitrogens with zero attached hydrogens (tertiary/aromatic N) is 2. The number of fused-ring (bicyclic) bond motifs is 1. The Balaban J connectivity index is 1.48. The number of primary amides is 1. The zero-order valence-corrected chi connectivity index (χ0v) is 14.0. The first-order valence-corrected chi connectivity index (χ1v) is 8.41. The molecule has 1 aromatic carbocycles. The fourth-order valence-corrected chi connectivity index (χ4v) is 3.01. The molecule has 132 valence electrons. The van der Waals surface area contributed by atoms with Gasteiger partial charge in [0.15, 0.2) is 6.61 Å². The summed E-state index contributed by atoms with van der Waals surface area (Å²) in [5, 5.41) is 3.82. The van der Waals surface area contributed by atoms with Gasteiger partial charge in [0, 0.05) is 25.0 Å². The molecule has 2 aromatic rings. The van der Waals surface area contributed by atoms with E-state index in [0.717, 1.165) is 42.7 Å². The number of benzene rings is 1. The van der Waals surface area contributed by atoms with Crippen LogP contribution < -0.4 is 16.0 Å². The Kier molecular flexibility index (Phi) is 5.33. The van der Waals surface area contributed by atoms with Gasteiger partial charge in [-0.15, -0.1) is 0 Å². The van der Waals surface area contributed by atoms with Gasteiger partial charge >= 0.3 is 6.09 Å². The molecule has 0 atom stereocenters. The van der Waals surface area contributed by atoms with E-state index in [1.165, 1.54) is 0 Å². The van der Waals surface area contributed by atoms with Crippen LogP contribution in [0.2, 0.25) is 0 Å². The van der Waals surface area contributed by atoms with Gasteiger partial charge in [0.05, 0.1) is 5.52 Å². The summed E-state index contributed by atoms with van der Waals surface area (Å²) in [5.41, 5.74) is 5.93. The molecule has 1 saturated heterocycles. The Morgan fingerprint density at radius 3 is 2.72 bits per heavy atom. The second-order valence-corrected chi connectivity index (χ2v) is 6.22. The summed E-state index contributed by atoms with van der Waals surface area (Å²) in [6.07, 6.45) is 1.33. The zero-order valence-electron chi connectivity index (χ0n) is 14.0. The van der Waals surface area contributed by atoms with Crippen molar-refractivity contribution in [2.24, 2.45) is 11.7 Å². The number of carbonyl (C=O) groups is 2. The number of aromatic nitrogens is 1. The number of piperidine rings is 1. The molecular formula is C18H22N4O3. The van der Waals surface area contributed by atoms with Crippen molar-refractivity contribution >= 4 is 28.7 Å². The smallest absolute Gasteiger partial charge is 0.407 e. The van der Waals surface area contributed by atoms with Gasteiger partial charge in [0.2, 0.25) is 0 Å². The summed E-state index contributed by atoms with van der Waals surface area (Å²) in [6, 6.07) is 12.2. The third kappa shape index (κ3) is 4.59. The van der Waals surface area contributed by atoms with Gasteiger partial charge in [-0.1, -0.05) is 18.2 Å². The Labute approximate surface area is 146 Å². The number of nitrogens with one attached hydrogen (secondary N) is 1. The largest absolute Gasteiger partial charge is 0.439 e. The van der Waals surface area contributed by atoms with E-state index in [1.807, 2.05) is 18.2 Å². The first kappa shape index (κ1) is 17.0. The molecule has 3 N–H and O–H groups in total. The predicted octanol–water partition coefficient (Wildman–Crippen LogP) is 1.66. The van der Waals surface area contributed by atoms with Crippen LogP contribution in [0, 0.1) is 5.92 Å². The van der Waals surface area contributed by atoms with E-state index < -0.39 is 18.6 Å². The number of nitrogens with two attached hydrogens (primary N) is 1. The maximum atomic E-state index is 11.4. The lowest BCUT2D eigenvalue weighted by Crippen LogP contribution is -2.39. The summed E-state index contributed by atoms with van der Waals surface area (Å²) in [4.78, 5) is 29.0. The van der Waals surface area contributed by atoms with Crippen molar-refractivity contribution in [2.75, 3.05) is 31.1 Å². The first-order chi connectivity index (χ1) is 12.1.